The zero-order valence-electron chi connectivity index (χ0n) is 14.4. The van der Waals surface area contributed by atoms with Gasteiger partial charge in [0.15, 0.2) is 5.65 Å². The summed E-state index contributed by atoms with van der Waals surface area (Å²) in [7, 11) is -3.16. The van der Waals surface area contributed by atoms with E-state index in [1.807, 2.05) is 0 Å². The van der Waals surface area contributed by atoms with Gasteiger partial charge in [-0.1, -0.05) is 0 Å². The molecular weight excluding hydrogens is 349 g/mol. The van der Waals surface area contributed by atoms with Crippen molar-refractivity contribution >= 4 is 24.7 Å². The monoisotopic (exact) mass is 373 g/mol. The maximum absolute atomic E-state index is 12.5. The zero-order chi connectivity index (χ0) is 18.3. The van der Waals surface area contributed by atoms with Crippen molar-refractivity contribution in [3.8, 4) is 0 Å². The topological polar surface area (TPSA) is 135 Å². The Balaban J connectivity index is 1.95. The van der Waals surface area contributed by atoms with Gasteiger partial charge >= 0.3 is 7.60 Å². The van der Waals surface area contributed by atoms with E-state index >= 15 is 0 Å². The van der Waals surface area contributed by atoms with Gasteiger partial charge in [-0.3, -0.25) is 9.13 Å². The number of hydrogen-bond acceptors (Lipinski definition) is 9. The van der Waals surface area contributed by atoms with Gasteiger partial charge in [0.05, 0.1) is 44.6 Å². The largest absolute Gasteiger partial charge is 0.394 e. The minimum atomic E-state index is -3.16. The van der Waals surface area contributed by atoms with Crippen molar-refractivity contribution in [2.45, 2.75) is 33.1 Å². The van der Waals surface area contributed by atoms with Crippen LogP contribution in [-0.2, 0) is 25.1 Å². The summed E-state index contributed by atoms with van der Waals surface area (Å²) < 4.78 is 30.3. The molecule has 2 rings (SSSR count). The molecule has 1 atom stereocenters. The zero-order valence-corrected chi connectivity index (χ0v) is 15.3. The van der Waals surface area contributed by atoms with Gasteiger partial charge in [0.1, 0.15) is 12.2 Å². The second-order valence-corrected chi connectivity index (χ2v) is 7.40. The number of aliphatic hydroxyl groups is 1. The number of anilines is 1. The van der Waals surface area contributed by atoms with Crippen LogP contribution < -0.4 is 5.73 Å². The molecule has 2 aromatic rings. The minimum Gasteiger partial charge on any atom is -0.394 e. The number of aliphatic hydroxyl groups excluding tert-OH is 1. The molecule has 2 heterocycles. The summed E-state index contributed by atoms with van der Waals surface area (Å²) in [5, 5.41) is 9.50. The van der Waals surface area contributed by atoms with Crippen molar-refractivity contribution in [2.24, 2.45) is 0 Å². The lowest BCUT2D eigenvalue weighted by Gasteiger charge is -2.20. The van der Waals surface area contributed by atoms with E-state index in [-0.39, 0.29) is 25.4 Å². The molecule has 0 radical (unpaired) electrons. The highest BCUT2D eigenvalue weighted by Crippen LogP contribution is 2.48. The van der Waals surface area contributed by atoms with E-state index in [0.29, 0.717) is 30.8 Å². The molecule has 0 fully saturated rings. The van der Waals surface area contributed by atoms with E-state index in [0.717, 1.165) is 0 Å². The van der Waals surface area contributed by atoms with Crippen LogP contribution in [0.1, 0.15) is 20.3 Å². The molecule has 0 saturated heterocycles. The van der Waals surface area contributed by atoms with Crippen molar-refractivity contribution < 1.29 is 23.5 Å². The molecule has 0 amide bonds. The molecule has 0 aliphatic heterocycles. The standard InChI is InChI=1S/C14H24N5O5P/c1-3-23-25(21,24-4-2)6-5-11(8-20)22-10-19-9-17-12-7-16-14(15)18-13(12)19/h7,9,11,20H,3-6,8,10H2,1-2H3,(H2,15,16,18)/t11-/m0/s1. The van der Waals surface area contributed by atoms with Crippen LogP contribution in [0.2, 0.25) is 0 Å². The molecule has 0 aliphatic rings. The first-order valence-corrected chi connectivity index (χ1v) is 9.78. The van der Waals surface area contributed by atoms with Crippen molar-refractivity contribution in [3.63, 3.8) is 0 Å². The molecule has 10 nitrogen and oxygen atoms in total. The van der Waals surface area contributed by atoms with Gasteiger partial charge < -0.3 is 24.6 Å². The normalized spacial score (nSPS) is 13.4. The molecule has 0 bridgehead atoms. The van der Waals surface area contributed by atoms with E-state index in [1.165, 1.54) is 6.20 Å². The molecule has 3 N–H and O–H groups in total. The second kappa shape index (κ2) is 9.21. The van der Waals surface area contributed by atoms with Crippen LogP contribution in [0.25, 0.3) is 11.2 Å². The molecule has 0 aliphatic carbocycles. The number of nitrogens with zero attached hydrogens (tertiary/aromatic N) is 4. The molecule has 0 unspecified atom stereocenters. The van der Waals surface area contributed by atoms with Gasteiger partial charge in [-0.15, -0.1) is 0 Å². The summed E-state index contributed by atoms with van der Waals surface area (Å²) in [6, 6.07) is 0. The molecule has 0 spiro atoms. The highest BCUT2D eigenvalue weighted by Gasteiger charge is 2.25. The second-order valence-electron chi connectivity index (χ2n) is 5.21. The summed E-state index contributed by atoms with van der Waals surface area (Å²) in [5.74, 6) is 0.141. The van der Waals surface area contributed by atoms with Gasteiger partial charge in [0.2, 0.25) is 5.95 Å². The number of hydrogen-bond donors (Lipinski definition) is 2. The van der Waals surface area contributed by atoms with Crippen molar-refractivity contribution in [2.75, 3.05) is 31.7 Å². The minimum absolute atomic E-state index is 0.117. The smallest absolute Gasteiger partial charge is 0.330 e. The third kappa shape index (κ3) is 5.45. The van der Waals surface area contributed by atoms with Gasteiger partial charge in [-0.05, 0) is 20.3 Å². The Kier molecular flexibility index (Phi) is 7.27. The van der Waals surface area contributed by atoms with E-state index < -0.39 is 13.7 Å². The maximum atomic E-state index is 12.5. The van der Waals surface area contributed by atoms with Crippen LogP contribution in [0.5, 0.6) is 0 Å². The predicted molar refractivity (Wildman–Crippen MR) is 92.0 cm³/mol. The van der Waals surface area contributed by atoms with E-state index in [1.54, 1.807) is 24.7 Å². The van der Waals surface area contributed by atoms with Crippen LogP contribution in [-0.4, -0.2) is 56.7 Å². The van der Waals surface area contributed by atoms with Crippen molar-refractivity contribution in [1.29, 1.82) is 0 Å². The molecule has 25 heavy (non-hydrogen) atoms. The lowest BCUT2D eigenvalue weighted by atomic mass is 10.3. The van der Waals surface area contributed by atoms with Crippen LogP contribution in [0.15, 0.2) is 12.5 Å². The number of imidazole rings is 1. The third-order valence-electron chi connectivity index (χ3n) is 3.41. The van der Waals surface area contributed by atoms with Gasteiger partial charge in [0, 0.05) is 0 Å². The van der Waals surface area contributed by atoms with Crippen LogP contribution in [0.3, 0.4) is 0 Å². The number of nitrogen functional groups attached to an aromatic ring is 1. The quantitative estimate of drug-likeness (QED) is 0.560. The Bertz CT molecular complexity index is 715. The fourth-order valence-electron chi connectivity index (χ4n) is 2.24. The Morgan fingerprint density at radius 1 is 1.32 bits per heavy atom. The number of fused-ring (bicyclic) bond motifs is 1. The fraction of sp³-hybridized carbons (Fsp3) is 0.643. The van der Waals surface area contributed by atoms with Crippen LogP contribution >= 0.6 is 7.60 Å². The molecule has 140 valence electrons. The fourth-order valence-corrected chi connectivity index (χ4v) is 3.96. The van der Waals surface area contributed by atoms with Crippen LogP contribution in [0.4, 0.5) is 5.95 Å². The highest BCUT2D eigenvalue weighted by molar-refractivity contribution is 7.53. The first kappa shape index (κ1) is 19.7. The number of aromatic nitrogens is 4. The molecule has 0 aromatic carbocycles. The number of rotatable bonds is 11. The van der Waals surface area contributed by atoms with E-state index in [2.05, 4.69) is 15.0 Å². The lowest BCUT2D eigenvalue weighted by Crippen LogP contribution is -2.21. The number of ether oxygens (including phenoxy) is 1. The molecular formula is C14H24N5O5P. The summed E-state index contributed by atoms with van der Waals surface area (Å²) in [6.07, 6.45) is 3.05. The average molecular weight is 373 g/mol. The average Bonchev–Trinajstić information content (AvgIpc) is 2.98. The highest BCUT2D eigenvalue weighted by atomic mass is 31.2. The molecule has 11 heteroatoms. The SMILES string of the molecule is CCOP(=O)(CC[C@@H](CO)OCn1cnc2cnc(N)nc21)OCC. The number of nitrogens with two attached hydrogens (primary N) is 1. The van der Waals surface area contributed by atoms with E-state index in [4.69, 9.17) is 19.5 Å². The summed E-state index contributed by atoms with van der Waals surface area (Å²) in [6.45, 7) is 3.99. The Morgan fingerprint density at radius 2 is 2.04 bits per heavy atom. The lowest BCUT2D eigenvalue weighted by molar-refractivity contribution is -0.0241. The van der Waals surface area contributed by atoms with Gasteiger partial charge in [-0.2, -0.15) is 4.98 Å². The Hall–Kier alpha value is -1.58. The van der Waals surface area contributed by atoms with Crippen molar-refractivity contribution in [1.82, 2.24) is 19.5 Å². The van der Waals surface area contributed by atoms with Crippen molar-refractivity contribution in [3.05, 3.63) is 12.5 Å². The van der Waals surface area contributed by atoms with Gasteiger partial charge in [0.25, 0.3) is 0 Å². The third-order valence-corrected chi connectivity index (χ3v) is 5.52. The summed E-state index contributed by atoms with van der Waals surface area (Å²) in [5.41, 5.74) is 6.72. The first-order chi connectivity index (χ1) is 12.0. The molecule has 0 saturated carbocycles. The Morgan fingerprint density at radius 3 is 2.68 bits per heavy atom. The Labute approximate surface area is 145 Å². The summed E-state index contributed by atoms with van der Waals surface area (Å²) >= 11 is 0. The maximum Gasteiger partial charge on any atom is 0.330 e. The predicted octanol–water partition coefficient (Wildman–Crippen LogP) is 1.40. The molecule has 2 aromatic heterocycles. The van der Waals surface area contributed by atoms with Gasteiger partial charge in [-0.25, -0.2) is 9.97 Å². The first-order valence-electron chi connectivity index (χ1n) is 8.05. The van der Waals surface area contributed by atoms with Crippen LogP contribution in [0, 0.1) is 0 Å². The van der Waals surface area contributed by atoms with E-state index in [9.17, 15) is 9.67 Å². The summed E-state index contributed by atoms with van der Waals surface area (Å²) in [4.78, 5) is 12.1.